The zero-order valence-corrected chi connectivity index (χ0v) is 12.8. The number of likely N-dealkylation sites (N-methyl/N-ethyl adjacent to an activating group) is 1. The Morgan fingerprint density at radius 1 is 1.50 bits per heavy atom. The van der Waals surface area contributed by atoms with Gasteiger partial charge >= 0.3 is 0 Å². The molecule has 1 fully saturated rings. The molecule has 0 spiro atoms. The maximum Gasteiger partial charge on any atom is 0.246 e. The van der Waals surface area contributed by atoms with Gasteiger partial charge in [-0.25, -0.2) is 4.98 Å². The van der Waals surface area contributed by atoms with Crippen molar-refractivity contribution in [1.29, 1.82) is 0 Å². The lowest BCUT2D eigenvalue weighted by Crippen LogP contribution is -2.48. The Kier molecular flexibility index (Phi) is 3.79. The molecule has 0 aromatic carbocycles. The Morgan fingerprint density at radius 2 is 2.25 bits per heavy atom. The molecule has 0 atom stereocenters. The highest BCUT2D eigenvalue weighted by molar-refractivity contribution is 7.15. The summed E-state index contributed by atoms with van der Waals surface area (Å²) >= 11 is 1.60. The van der Waals surface area contributed by atoms with E-state index in [1.165, 1.54) is 4.88 Å². The number of hydrogen-bond donors (Lipinski definition) is 2. The van der Waals surface area contributed by atoms with Crippen LogP contribution in [-0.4, -0.2) is 34.4 Å². The van der Waals surface area contributed by atoms with Crippen LogP contribution in [0.3, 0.4) is 0 Å². The van der Waals surface area contributed by atoms with Crippen molar-refractivity contribution in [2.24, 2.45) is 5.73 Å². The molecule has 1 amide bonds. The summed E-state index contributed by atoms with van der Waals surface area (Å²) in [5, 5.41) is 3.66. The van der Waals surface area contributed by atoms with Gasteiger partial charge in [0.05, 0.1) is 11.2 Å². The van der Waals surface area contributed by atoms with Crippen LogP contribution in [0.25, 0.3) is 0 Å². The molecule has 1 aliphatic heterocycles. The highest BCUT2D eigenvalue weighted by atomic mass is 32.1. The summed E-state index contributed by atoms with van der Waals surface area (Å²) in [5.74, 6) is -0.0616. The van der Waals surface area contributed by atoms with Crippen molar-refractivity contribution in [3.05, 3.63) is 10.6 Å². The molecule has 110 valence electrons. The Balaban J connectivity index is 1.70. The summed E-state index contributed by atoms with van der Waals surface area (Å²) in [7, 11) is 0. The van der Waals surface area contributed by atoms with Crippen molar-refractivity contribution >= 4 is 22.4 Å². The minimum absolute atomic E-state index is 0.0616. The highest BCUT2D eigenvalue weighted by Crippen LogP contribution is 2.31. The molecule has 2 aliphatic rings. The van der Waals surface area contributed by atoms with Crippen LogP contribution in [0.4, 0.5) is 5.13 Å². The fourth-order valence-electron chi connectivity index (χ4n) is 3.03. The molecule has 2 heterocycles. The van der Waals surface area contributed by atoms with E-state index in [0.29, 0.717) is 0 Å². The van der Waals surface area contributed by atoms with Crippen molar-refractivity contribution < 1.29 is 4.79 Å². The number of carbonyl (C=O) groups is 1. The third kappa shape index (κ3) is 2.60. The quantitative estimate of drug-likeness (QED) is 0.890. The first-order valence-corrected chi connectivity index (χ1v) is 8.23. The van der Waals surface area contributed by atoms with Crippen LogP contribution >= 0.6 is 11.3 Å². The second-order valence-electron chi connectivity index (χ2n) is 5.83. The van der Waals surface area contributed by atoms with E-state index in [0.717, 1.165) is 62.6 Å². The zero-order chi connectivity index (χ0) is 14.2. The summed E-state index contributed by atoms with van der Waals surface area (Å²) in [6.45, 7) is 5.24. The SMILES string of the molecule is CCN1CCc2nc(NC(=O)C3(N)CCCC3)sc2C1. The van der Waals surface area contributed by atoms with Gasteiger partial charge in [-0.1, -0.05) is 19.8 Å². The van der Waals surface area contributed by atoms with E-state index in [1.54, 1.807) is 11.3 Å². The van der Waals surface area contributed by atoms with Crippen LogP contribution in [0.15, 0.2) is 0 Å². The van der Waals surface area contributed by atoms with Gasteiger partial charge in [-0.05, 0) is 19.4 Å². The second-order valence-corrected chi connectivity index (χ2v) is 6.91. The maximum absolute atomic E-state index is 12.3. The van der Waals surface area contributed by atoms with Crippen molar-refractivity contribution in [3.8, 4) is 0 Å². The molecule has 20 heavy (non-hydrogen) atoms. The van der Waals surface area contributed by atoms with E-state index in [1.807, 2.05) is 0 Å². The molecular weight excluding hydrogens is 272 g/mol. The molecule has 0 bridgehead atoms. The second kappa shape index (κ2) is 5.42. The topological polar surface area (TPSA) is 71.2 Å². The average molecular weight is 294 g/mol. The van der Waals surface area contributed by atoms with Gasteiger partial charge in [0.25, 0.3) is 0 Å². The minimum Gasteiger partial charge on any atom is -0.317 e. The molecule has 6 heteroatoms. The summed E-state index contributed by atoms with van der Waals surface area (Å²) in [5.41, 5.74) is 6.64. The Labute approximate surface area is 123 Å². The van der Waals surface area contributed by atoms with E-state index >= 15 is 0 Å². The molecule has 0 saturated heterocycles. The number of anilines is 1. The van der Waals surface area contributed by atoms with Crippen molar-refractivity contribution in [2.45, 2.75) is 51.1 Å². The number of fused-ring (bicyclic) bond motifs is 1. The van der Waals surface area contributed by atoms with Gasteiger partial charge in [-0.3, -0.25) is 9.69 Å². The summed E-state index contributed by atoms with van der Waals surface area (Å²) in [6, 6.07) is 0. The number of nitrogens with two attached hydrogens (primary N) is 1. The summed E-state index contributed by atoms with van der Waals surface area (Å²) < 4.78 is 0. The van der Waals surface area contributed by atoms with E-state index in [2.05, 4.69) is 22.1 Å². The Bertz CT molecular complexity index is 507. The Hall–Kier alpha value is -0.980. The van der Waals surface area contributed by atoms with Gasteiger partial charge in [0.2, 0.25) is 5.91 Å². The number of hydrogen-bond acceptors (Lipinski definition) is 5. The van der Waals surface area contributed by atoms with Crippen LogP contribution < -0.4 is 11.1 Å². The summed E-state index contributed by atoms with van der Waals surface area (Å²) in [6.07, 6.45) is 4.64. The lowest BCUT2D eigenvalue weighted by Gasteiger charge is -2.23. The smallest absolute Gasteiger partial charge is 0.246 e. The molecule has 1 aromatic heterocycles. The van der Waals surface area contributed by atoms with Gasteiger partial charge < -0.3 is 11.1 Å². The standard InChI is InChI=1S/C14H22N4OS/c1-2-18-8-5-10-11(9-18)20-13(16-10)17-12(19)14(15)6-3-4-7-14/h2-9,15H2,1H3,(H,16,17,19). The predicted octanol–water partition coefficient (Wildman–Crippen LogP) is 1.73. The van der Waals surface area contributed by atoms with Gasteiger partial charge in [0, 0.05) is 24.4 Å². The van der Waals surface area contributed by atoms with Crippen molar-refractivity contribution in [3.63, 3.8) is 0 Å². The molecule has 0 radical (unpaired) electrons. The van der Waals surface area contributed by atoms with Gasteiger partial charge in [-0.2, -0.15) is 0 Å². The fraction of sp³-hybridized carbons (Fsp3) is 0.714. The van der Waals surface area contributed by atoms with Crippen molar-refractivity contribution in [2.75, 3.05) is 18.4 Å². The summed E-state index contributed by atoms with van der Waals surface area (Å²) in [4.78, 5) is 20.5. The molecule has 1 aromatic rings. The van der Waals surface area contributed by atoms with E-state index in [4.69, 9.17) is 5.73 Å². The van der Waals surface area contributed by atoms with Crippen LogP contribution in [0.5, 0.6) is 0 Å². The zero-order valence-electron chi connectivity index (χ0n) is 11.9. The molecule has 1 saturated carbocycles. The lowest BCUT2D eigenvalue weighted by atomic mass is 9.98. The first-order valence-electron chi connectivity index (χ1n) is 7.42. The fourth-order valence-corrected chi connectivity index (χ4v) is 4.07. The largest absolute Gasteiger partial charge is 0.317 e. The number of rotatable bonds is 3. The van der Waals surface area contributed by atoms with Crippen LogP contribution in [-0.2, 0) is 17.8 Å². The normalized spacial score (nSPS) is 21.7. The van der Waals surface area contributed by atoms with E-state index in [9.17, 15) is 4.79 Å². The van der Waals surface area contributed by atoms with E-state index in [-0.39, 0.29) is 5.91 Å². The minimum atomic E-state index is -0.679. The number of aromatic nitrogens is 1. The number of nitrogens with one attached hydrogen (secondary N) is 1. The molecule has 1 aliphatic carbocycles. The number of amides is 1. The third-order valence-electron chi connectivity index (χ3n) is 4.43. The average Bonchev–Trinajstić information content (AvgIpc) is 3.04. The lowest BCUT2D eigenvalue weighted by molar-refractivity contribution is -0.121. The molecular formula is C14H22N4OS. The maximum atomic E-state index is 12.3. The highest BCUT2D eigenvalue weighted by Gasteiger charge is 2.37. The van der Waals surface area contributed by atoms with Crippen LogP contribution in [0.2, 0.25) is 0 Å². The first-order chi connectivity index (χ1) is 9.60. The number of nitrogens with zero attached hydrogens (tertiary/aromatic N) is 2. The van der Waals surface area contributed by atoms with Crippen molar-refractivity contribution in [1.82, 2.24) is 9.88 Å². The van der Waals surface area contributed by atoms with Gasteiger partial charge in [-0.15, -0.1) is 11.3 Å². The number of thiazole rings is 1. The first kappa shape index (κ1) is 14.0. The molecule has 3 N–H and O–H groups in total. The van der Waals surface area contributed by atoms with Crippen LogP contribution in [0, 0.1) is 0 Å². The third-order valence-corrected chi connectivity index (χ3v) is 5.42. The molecule has 5 nitrogen and oxygen atoms in total. The van der Waals surface area contributed by atoms with Crippen LogP contribution in [0.1, 0.15) is 43.2 Å². The van der Waals surface area contributed by atoms with E-state index < -0.39 is 5.54 Å². The van der Waals surface area contributed by atoms with Gasteiger partial charge in [0.1, 0.15) is 0 Å². The number of carbonyl (C=O) groups excluding carboxylic acids is 1. The van der Waals surface area contributed by atoms with Gasteiger partial charge in [0.15, 0.2) is 5.13 Å². The molecule has 0 unspecified atom stereocenters. The predicted molar refractivity (Wildman–Crippen MR) is 80.8 cm³/mol. The molecule has 3 rings (SSSR count). The Morgan fingerprint density at radius 3 is 2.95 bits per heavy atom. The monoisotopic (exact) mass is 294 g/mol.